The highest BCUT2D eigenvalue weighted by molar-refractivity contribution is 5.39. The van der Waals surface area contributed by atoms with E-state index in [1.807, 2.05) is 6.92 Å². The molecule has 78 valence electrons. The first-order valence-corrected chi connectivity index (χ1v) is 4.84. The van der Waals surface area contributed by atoms with E-state index in [0.717, 1.165) is 18.1 Å². The number of methoxy groups -OCH3 is 1. The molecule has 4 heteroatoms. The molecule has 0 saturated carbocycles. The fourth-order valence-electron chi connectivity index (χ4n) is 1.11. The zero-order chi connectivity index (χ0) is 10.6. The van der Waals surface area contributed by atoms with E-state index in [4.69, 9.17) is 4.74 Å². The summed E-state index contributed by atoms with van der Waals surface area (Å²) >= 11 is 0. The molecule has 0 aliphatic carbocycles. The van der Waals surface area contributed by atoms with E-state index in [0.29, 0.717) is 11.9 Å². The first-order chi connectivity index (χ1) is 6.65. The quantitative estimate of drug-likeness (QED) is 0.796. The van der Waals surface area contributed by atoms with Gasteiger partial charge in [0, 0.05) is 18.5 Å². The van der Waals surface area contributed by atoms with Gasteiger partial charge in [-0.05, 0) is 13.8 Å². The van der Waals surface area contributed by atoms with Crippen LogP contribution >= 0.6 is 0 Å². The highest BCUT2D eigenvalue weighted by Crippen LogP contribution is 2.13. The van der Waals surface area contributed by atoms with Crippen molar-refractivity contribution in [3.63, 3.8) is 0 Å². The van der Waals surface area contributed by atoms with Crippen LogP contribution in [0.1, 0.15) is 26.6 Å². The molecule has 1 heterocycles. The van der Waals surface area contributed by atoms with Crippen LogP contribution in [0.3, 0.4) is 0 Å². The van der Waals surface area contributed by atoms with Crippen molar-refractivity contribution < 1.29 is 4.74 Å². The number of aryl methyl sites for hydroxylation is 1. The normalized spacial score (nSPS) is 10.4. The van der Waals surface area contributed by atoms with Gasteiger partial charge >= 0.3 is 0 Å². The second-order valence-corrected chi connectivity index (χ2v) is 3.36. The van der Waals surface area contributed by atoms with Crippen LogP contribution in [-0.2, 0) is 6.42 Å². The minimum absolute atomic E-state index is 0.360. The fourth-order valence-corrected chi connectivity index (χ4v) is 1.11. The number of nitrogens with one attached hydrogen (secondary N) is 1. The van der Waals surface area contributed by atoms with E-state index >= 15 is 0 Å². The minimum Gasteiger partial charge on any atom is -0.481 e. The molecule has 0 saturated heterocycles. The molecular formula is C10H17N3O. The van der Waals surface area contributed by atoms with E-state index < -0.39 is 0 Å². The SMILES string of the molecule is CCc1nc(NC(C)C)cc(OC)n1. The Morgan fingerprint density at radius 3 is 2.64 bits per heavy atom. The van der Waals surface area contributed by atoms with Crippen molar-refractivity contribution in [2.24, 2.45) is 0 Å². The van der Waals surface area contributed by atoms with Gasteiger partial charge in [-0.2, -0.15) is 4.98 Å². The second-order valence-electron chi connectivity index (χ2n) is 3.36. The number of hydrogen-bond donors (Lipinski definition) is 1. The van der Waals surface area contributed by atoms with Crippen molar-refractivity contribution in [1.29, 1.82) is 0 Å². The van der Waals surface area contributed by atoms with E-state index in [1.165, 1.54) is 0 Å². The molecule has 0 unspecified atom stereocenters. The summed E-state index contributed by atoms with van der Waals surface area (Å²) < 4.78 is 5.09. The Hall–Kier alpha value is -1.32. The van der Waals surface area contributed by atoms with Crippen LogP contribution in [0.4, 0.5) is 5.82 Å². The van der Waals surface area contributed by atoms with E-state index in [2.05, 4.69) is 29.1 Å². The van der Waals surface area contributed by atoms with Gasteiger partial charge < -0.3 is 10.1 Å². The van der Waals surface area contributed by atoms with Crippen LogP contribution in [0.15, 0.2) is 6.07 Å². The molecule has 14 heavy (non-hydrogen) atoms. The van der Waals surface area contributed by atoms with Gasteiger partial charge in [-0.1, -0.05) is 6.92 Å². The fraction of sp³-hybridized carbons (Fsp3) is 0.600. The van der Waals surface area contributed by atoms with Gasteiger partial charge in [0.15, 0.2) is 0 Å². The van der Waals surface area contributed by atoms with Crippen molar-refractivity contribution >= 4 is 5.82 Å². The monoisotopic (exact) mass is 195 g/mol. The van der Waals surface area contributed by atoms with Gasteiger partial charge in [0.25, 0.3) is 0 Å². The first kappa shape index (κ1) is 10.8. The third kappa shape index (κ3) is 2.87. The summed E-state index contributed by atoms with van der Waals surface area (Å²) in [5.41, 5.74) is 0. The maximum Gasteiger partial charge on any atom is 0.218 e. The highest BCUT2D eigenvalue weighted by Gasteiger charge is 2.03. The molecule has 0 amide bonds. The average Bonchev–Trinajstić information content (AvgIpc) is 2.16. The molecule has 0 aromatic carbocycles. The summed E-state index contributed by atoms with van der Waals surface area (Å²) in [7, 11) is 1.61. The maximum absolute atomic E-state index is 5.09. The summed E-state index contributed by atoms with van der Waals surface area (Å²) in [5, 5.41) is 3.22. The molecule has 1 N–H and O–H groups in total. The van der Waals surface area contributed by atoms with Crippen molar-refractivity contribution in [3.05, 3.63) is 11.9 Å². The Balaban J connectivity index is 2.92. The van der Waals surface area contributed by atoms with Gasteiger partial charge in [0.05, 0.1) is 7.11 Å². The number of anilines is 1. The van der Waals surface area contributed by atoms with Crippen LogP contribution in [0.2, 0.25) is 0 Å². The Kier molecular flexibility index (Phi) is 3.68. The predicted molar refractivity (Wildman–Crippen MR) is 56.7 cm³/mol. The van der Waals surface area contributed by atoms with E-state index in [1.54, 1.807) is 13.2 Å². The Labute approximate surface area is 84.7 Å². The lowest BCUT2D eigenvalue weighted by atomic mass is 10.3. The lowest BCUT2D eigenvalue weighted by Gasteiger charge is -2.10. The number of ether oxygens (including phenoxy) is 1. The zero-order valence-corrected chi connectivity index (χ0v) is 9.16. The summed E-state index contributed by atoms with van der Waals surface area (Å²) in [6, 6.07) is 2.17. The summed E-state index contributed by atoms with van der Waals surface area (Å²) in [5.74, 6) is 2.23. The standard InChI is InChI=1S/C10H17N3O/c1-5-8-12-9(11-7(2)3)6-10(13-8)14-4/h6-7H,5H2,1-4H3,(H,11,12,13). The third-order valence-electron chi connectivity index (χ3n) is 1.71. The number of nitrogens with zero attached hydrogens (tertiary/aromatic N) is 2. The van der Waals surface area contributed by atoms with Crippen molar-refractivity contribution in [2.45, 2.75) is 33.2 Å². The molecule has 1 aromatic heterocycles. The van der Waals surface area contributed by atoms with Crippen LogP contribution in [0, 0.1) is 0 Å². The summed E-state index contributed by atoms with van der Waals surface area (Å²) in [6.45, 7) is 6.16. The summed E-state index contributed by atoms with van der Waals surface area (Å²) in [4.78, 5) is 8.54. The molecule has 0 radical (unpaired) electrons. The van der Waals surface area contributed by atoms with Gasteiger partial charge in [-0.25, -0.2) is 4.98 Å². The average molecular weight is 195 g/mol. The zero-order valence-electron chi connectivity index (χ0n) is 9.16. The smallest absolute Gasteiger partial charge is 0.218 e. The van der Waals surface area contributed by atoms with Crippen LogP contribution in [-0.4, -0.2) is 23.1 Å². The number of rotatable bonds is 4. The molecule has 0 fully saturated rings. The second kappa shape index (κ2) is 4.79. The number of aromatic nitrogens is 2. The largest absolute Gasteiger partial charge is 0.481 e. The Morgan fingerprint density at radius 1 is 1.43 bits per heavy atom. The van der Waals surface area contributed by atoms with E-state index in [9.17, 15) is 0 Å². The molecule has 0 atom stereocenters. The summed E-state index contributed by atoms with van der Waals surface area (Å²) in [6.07, 6.45) is 0.809. The predicted octanol–water partition coefficient (Wildman–Crippen LogP) is 1.87. The molecule has 0 aliphatic heterocycles. The maximum atomic E-state index is 5.09. The lowest BCUT2D eigenvalue weighted by Crippen LogP contribution is -2.12. The molecular weight excluding hydrogens is 178 g/mol. The van der Waals surface area contributed by atoms with Crippen LogP contribution in [0.25, 0.3) is 0 Å². The van der Waals surface area contributed by atoms with E-state index in [-0.39, 0.29) is 0 Å². The lowest BCUT2D eigenvalue weighted by molar-refractivity contribution is 0.395. The Bertz CT molecular complexity index is 277. The molecule has 4 nitrogen and oxygen atoms in total. The molecule has 1 aromatic rings. The number of hydrogen-bond acceptors (Lipinski definition) is 4. The van der Waals surface area contributed by atoms with Crippen molar-refractivity contribution in [2.75, 3.05) is 12.4 Å². The topological polar surface area (TPSA) is 47.0 Å². The van der Waals surface area contributed by atoms with Crippen molar-refractivity contribution in [1.82, 2.24) is 9.97 Å². The van der Waals surface area contributed by atoms with Gasteiger partial charge in [-0.15, -0.1) is 0 Å². The molecule has 0 aliphatic rings. The highest BCUT2D eigenvalue weighted by atomic mass is 16.5. The van der Waals surface area contributed by atoms with Gasteiger partial charge in [-0.3, -0.25) is 0 Å². The van der Waals surface area contributed by atoms with Crippen LogP contribution in [0.5, 0.6) is 5.88 Å². The van der Waals surface area contributed by atoms with Gasteiger partial charge in [0.2, 0.25) is 5.88 Å². The molecule has 1 rings (SSSR count). The Morgan fingerprint density at radius 2 is 2.14 bits per heavy atom. The van der Waals surface area contributed by atoms with Gasteiger partial charge in [0.1, 0.15) is 11.6 Å². The minimum atomic E-state index is 0.360. The molecule has 0 bridgehead atoms. The molecule has 0 spiro atoms. The van der Waals surface area contributed by atoms with Crippen molar-refractivity contribution in [3.8, 4) is 5.88 Å². The first-order valence-electron chi connectivity index (χ1n) is 4.84. The van der Waals surface area contributed by atoms with Crippen LogP contribution < -0.4 is 10.1 Å². The third-order valence-corrected chi connectivity index (χ3v) is 1.71.